The maximum Gasteiger partial charge on any atom is 0.248 e. The van der Waals surface area contributed by atoms with Crippen LogP contribution in [0, 0.1) is 5.41 Å². The molecular weight excluding hydrogens is 238 g/mol. The largest absolute Gasteiger partial charge is 0.366 e. The topological polar surface area (TPSA) is 58.4 Å². The normalized spacial score (nSPS) is 27.2. The molecule has 0 saturated carbocycles. The molecule has 4 heteroatoms. The SMILES string of the molecule is NC(=O)c1ccc(CN2CCC3(CCNC3)C2)cc1. The summed E-state index contributed by atoms with van der Waals surface area (Å²) in [4.78, 5) is 13.6. The van der Waals surface area contributed by atoms with E-state index in [0.29, 0.717) is 11.0 Å². The first-order chi connectivity index (χ1) is 9.17. The number of primary amides is 1. The van der Waals surface area contributed by atoms with Crippen molar-refractivity contribution in [2.75, 3.05) is 26.2 Å². The second-order valence-corrected chi connectivity index (χ2v) is 5.95. The number of carbonyl (C=O) groups is 1. The van der Waals surface area contributed by atoms with Crippen LogP contribution in [0.1, 0.15) is 28.8 Å². The van der Waals surface area contributed by atoms with Crippen molar-refractivity contribution >= 4 is 5.91 Å². The Labute approximate surface area is 114 Å². The fraction of sp³-hybridized carbons (Fsp3) is 0.533. The van der Waals surface area contributed by atoms with Gasteiger partial charge in [0, 0.05) is 25.2 Å². The molecule has 19 heavy (non-hydrogen) atoms. The molecule has 2 fully saturated rings. The van der Waals surface area contributed by atoms with Gasteiger partial charge in [0.2, 0.25) is 5.91 Å². The number of amides is 1. The number of nitrogens with one attached hydrogen (secondary N) is 1. The van der Waals surface area contributed by atoms with E-state index in [-0.39, 0.29) is 5.91 Å². The molecule has 3 rings (SSSR count). The van der Waals surface area contributed by atoms with Gasteiger partial charge >= 0.3 is 0 Å². The number of benzene rings is 1. The van der Waals surface area contributed by atoms with Crippen molar-refractivity contribution in [1.29, 1.82) is 0 Å². The van der Waals surface area contributed by atoms with Crippen LogP contribution >= 0.6 is 0 Å². The van der Waals surface area contributed by atoms with Crippen LogP contribution in [0.3, 0.4) is 0 Å². The Hall–Kier alpha value is -1.39. The Morgan fingerprint density at radius 1 is 1.32 bits per heavy atom. The summed E-state index contributed by atoms with van der Waals surface area (Å²) < 4.78 is 0. The second kappa shape index (κ2) is 4.94. The lowest BCUT2D eigenvalue weighted by Gasteiger charge is -2.22. The highest BCUT2D eigenvalue weighted by atomic mass is 16.1. The number of hydrogen-bond acceptors (Lipinski definition) is 3. The number of nitrogens with zero attached hydrogens (tertiary/aromatic N) is 1. The first-order valence-electron chi connectivity index (χ1n) is 6.99. The monoisotopic (exact) mass is 259 g/mol. The van der Waals surface area contributed by atoms with E-state index in [1.54, 1.807) is 0 Å². The van der Waals surface area contributed by atoms with Gasteiger partial charge in [-0.1, -0.05) is 12.1 Å². The van der Waals surface area contributed by atoms with Crippen LogP contribution in [0.25, 0.3) is 0 Å². The average Bonchev–Trinajstić information content (AvgIpc) is 3.01. The highest BCUT2D eigenvalue weighted by Gasteiger charge is 2.39. The van der Waals surface area contributed by atoms with Crippen LogP contribution in [0.4, 0.5) is 0 Å². The molecule has 2 saturated heterocycles. The van der Waals surface area contributed by atoms with E-state index in [2.05, 4.69) is 10.2 Å². The van der Waals surface area contributed by atoms with Crippen molar-refractivity contribution in [3.8, 4) is 0 Å². The van der Waals surface area contributed by atoms with Gasteiger partial charge in [-0.2, -0.15) is 0 Å². The summed E-state index contributed by atoms with van der Waals surface area (Å²) in [6.07, 6.45) is 2.61. The van der Waals surface area contributed by atoms with Gasteiger partial charge < -0.3 is 11.1 Å². The van der Waals surface area contributed by atoms with E-state index in [4.69, 9.17) is 5.73 Å². The molecule has 1 aromatic carbocycles. The van der Waals surface area contributed by atoms with Crippen LogP contribution in [-0.4, -0.2) is 37.0 Å². The lowest BCUT2D eigenvalue weighted by atomic mass is 9.86. The summed E-state index contributed by atoms with van der Waals surface area (Å²) >= 11 is 0. The third-order valence-corrected chi connectivity index (χ3v) is 4.49. The zero-order chi connectivity index (χ0) is 13.3. The number of nitrogens with two attached hydrogens (primary N) is 1. The maximum absolute atomic E-state index is 11.0. The molecule has 2 aliphatic heterocycles. The molecule has 2 aliphatic rings. The Morgan fingerprint density at radius 2 is 2.11 bits per heavy atom. The molecule has 0 aromatic heterocycles. The van der Waals surface area contributed by atoms with Gasteiger partial charge in [0.25, 0.3) is 0 Å². The van der Waals surface area contributed by atoms with Crippen LogP contribution in [-0.2, 0) is 6.54 Å². The molecule has 1 aromatic rings. The highest BCUT2D eigenvalue weighted by molar-refractivity contribution is 5.92. The number of rotatable bonds is 3. The molecule has 0 aliphatic carbocycles. The second-order valence-electron chi connectivity index (χ2n) is 5.95. The molecule has 1 spiro atoms. The molecule has 102 valence electrons. The summed E-state index contributed by atoms with van der Waals surface area (Å²) in [5, 5.41) is 3.48. The van der Waals surface area contributed by atoms with Gasteiger partial charge in [-0.3, -0.25) is 9.69 Å². The first-order valence-corrected chi connectivity index (χ1v) is 6.99. The molecule has 1 unspecified atom stereocenters. The minimum Gasteiger partial charge on any atom is -0.366 e. The van der Waals surface area contributed by atoms with Gasteiger partial charge in [-0.25, -0.2) is 0 Å². The number of likely N-dealkylation sites (tertiary alicyclic amines) is 1. The molecule has 4 nitrogen and oxygen atoms in total. The fourth-order valence-electron chi connectivity index (χ4n) is 3.34. The predicted octanol–water partition coefficient (Wildman–Crippen LogP) is 0.971. The third-order valence-electron chi connectivity index (χ3n) is 4.49. The molecule has 3 N–H and O–H groups in total. The Balaban J connectivity index is 1.61. The molecular formula is C15H21N3O. The van der Waals surface area contributed by atoms with E-state index >= 15 is 0 Å². The van der Waals surface area contributed by atoms with Gasteiger partial charge in [-0.05, 0) is 49.0 Å². The van der Waals surface area contributed by atoms with Gasteiger partial charge in [0.05, 0.1) is 0 Å². The van der Waals surface area contributed by atoms with Gasteiger partial charge in [0.1, 0.15) is 0 Å². The predicted molar refractivity (Wildman–Crippen MR) is 74.8 cm³/mol. The minimum absolute atomic E-state index is 0.358. The van der Waals surface area contributed by atoms with Crippen molar-refractivity contribution in [2.24, 2.45) is 11.1 Å². The van der Waals surface area contributed by atoms with Gasteiger partial charge in [-0.15, -0.1) is 0 Å². The van der Waals surface area contributed by atoms with Crippen molar-refractivity contribution in [3.05, 3.63) is 35.4 Å². The zero-order valence-corrected chi connectivity index (χ0v) is 11.2. The molecule has 2 heterocycles. The maximum atomic E-state index is 11.0. The van der Waals surface area contributed by atoms with Crippen LogP contribution < -0.4 is 11.1 Å². The summed E-state index contributed by atoms with van der Waals surface area (Å²) in [6.45, 7) is 5.68. The van der Waals surface area contributed by atoms with E-state index in [9.17, 15) is 4.79 Å². The fourth-order valence-corrected chi connectivity index (χ4v) is 3.34. The third kappa shape index (κ3) is 2.65. The van der Waals surface area contributed by atoms with Crippen molar-refractivity contribution in [1.82, 2.24) is 10.2 Å². The Bertz CT molecular complexity index is 463. The van der Waals surface area contributed by atoms with E-state index < -0.39 is 0 Å². The van der Waals surface area contributed by atoms with Crippen LogP contribution in [0.15, 0.2) is 24.3 Å². The minimum atomic E-state index is -0.358. The van der Waals surface area contributed by atoms with Crippen molar-refractivity contribution in [3.63, 3.8) is 0 Å². The smallest absolute Gasteiger partial charge is 0.248 e. The van der Waals surface area contributed by atoms with E-state index in [1.807, 2.05) is 24.3 Å². The van der Waals surface area contributed by atoms with Gasteiger partial charge in [0.15, 0.2) is 0 Å². The lowest BCUT2D eigenvalue weighted by Crippen LogP contribution is -2.28. The van der Waals surface area contributed by atoms with Crippen LogP contribution in [0.5, 0.6) is 0 Å². The average molecular weight is 259 g/mol. The lowest BCUT2D eigenvalue weighted by molar-refractivity contribution is 0.100. The summed E-state index contributed by atoms with van der Waals surface area (Å²) in [5.74, 6) is -0.358. The Morgan fingerprint density at radius 3 is 2.74 bits per heavy atom. The zero-order valence-electron chi connectivity index (χ0n) is 11.2. The Kier molecular flexibility index (Phi) is 3.29. The molecule has 0 radical (unpaired) electrons. The standard InChI is InChI=1S/C15H21N3O/c16-14(19)13-3-1-12(2-4-13)9-18-8-6-15(11-18)5-7-17-10-15/h1-4,17H,5-11H2,(H2,16,19). The highest BCUT2D eigenvalue weighted by Crippen LogP contribution is 2.36. The molecule has 1 atom stereocenters. The molecule has 0 bridgehead atoms. The quantitative estimate of drug-likeness (QED) is 0.850. The number of hydrogen-bond donors (Lipinski definition) is 2. The van der Waals surface area contributed by atoms with Crippen molar-refractivity contribution < 1.29 is 4.79 Å². The summed E-state index contributed by atoms with van der Waals surface area (Å²) in [6, 6.07) is 7.66. The molecule has 1 amide bonds. The summed E-state index contributed by atoms with van der Waals surface area (Å²) in [7, 11) is 0. The van der Waals surface area contributed by atoms with E-state index in [0.717, 1.165) is 6.54 Å². The van der Waals surface area contributed by atoms with Crippen LogP contribution in [0.2, 0.25) is 0 Å². The van der Waals surface area contributed by atoms with E-state index in [1.165, 1.54) is 44.6 Å². The first kappa shape index (κ1) is 12.6. The van der Waals surface area contributed by atoms with Crippen molar-refractivity contribution in [2.45, 2.75) is 19.4 Å². The summed E-state index contributed by atoms with van der Waals surface area (Å²) in [5.41, 5.74) is 7.61. The number of carbonyl (C=O) groups excluding carboxylic acids is 1.